The van der Waals surface area contributed by atoms with Gasteiger partial charge in [-0.3, -0.25) is 4.72 Å². The molecule has 0 radical (unpaired) electrons. The van der Waals surface area contributed by atoms with Crippen LogP contribution in [0.25, 0.3) is 0 Å². The van der Waals surface area contributed by atoms with E-state index >= 15 is 0 Å². The van der Waals surface area contributed by atoms with Gasteiger partial charge in [0, 0.05) is 0 Å². The Bertz CT molecular complexity index is 546. The lowest BCUT2D eigenvalue weighted by Crippen LogP contribution is -2.26. The Labute approximate surface area is 106 Å². The molecule has 0 atom stereocenters. The smallest absolute Gasteiger partial charge is 0.354 e. The largest absolute Gasteiger partial charge is 0.477 e. The number of carboxylic acid groups (broad SMARTS) is 1. The Hall–Kier alpha value is -1.63. The van der Waals surface area contributed by atoms with Crippen molar-refractivity contribution in [3.8, 4) is 0 Å². The first kappa shape index (κ1) is 14.4. The number of hydrogen-bond acceptors (Lipinski definition) is 4. The number of hydrogen-bond donors (Lipinski definition) is 2. The molecule has 1 rings (SSSR count). The minimum absolute atomic E-state index is 0.0131. The van der Waals surface area contributed by atoms with Gasteiger partial charge in [0.1, 0.15) is 5.82 Å². The van der Waals surface area contributed by atoms with E-state index in [4.69, 9.17) is 5.11 Å². The molecule has 1 heterocycles. The predicted octanol–water partition coefficient (Wildman–Crippen LogP) is 1.57. The zero-order chi connectivity index (χ0) is 14.0. The van der Waals surface area contributed by atoms with Crippen LogP contribution in [0.5, 0.6) is 0 Å². The van der Waals surface area contributed by atoms with Crippen molar-refractivity contribution < 1.29 is 18.3 Å². The molecule has 0 fully saturated rings. The van der Waals surface area contributed by atoms with Crippen molar-refractivity contribution in [1.82, 2.24) is 4.98 Å². The molecular weight excluding hydrogens is 256 g/mol. The Morgan fingerprint density at radius 3 is 2.50 bits per heavy atom. The normalized spacial score (nSPS) is 12.2. The van der Waals surface area contributed by atoms with Crippen molar-refractivity contribution in [1.29, 1.82) is 0 Å². The van der Waals surface area contributed by atoms with Crippen LogP contribution >= 0.6 is 0 Å². The molecular formula is C11H16N2O4S. The summed E-state index contributed by atoms with van der Waals surface area (Å²) in [7, 11) is -3.54. The van der Waals surface area contributed by atoms with Gasteiger partial charge >= 0.3 is 5.97 Å². The van der Waals surface area contributed by atoms with E-state index in [0.717, 1.165) is 0 Å². The molecule has 0 aliphatic heterocycles. The number of sulfonamides is 1. The maximum atomic E-state index is 11.8. The van der Waals surface area contributed by atoms with E-state index in [2.05, 4.69) is 9.71 Å². The van der Waals surface area contributed by atoms with Gasteiger partial charge in [-0.15, -0.1) is 0 Å². The molecule has 0 bridgehead atoms. The summed E-state index contributed by atoms with van der Waals surface area (Å²) in [5.74, 6) is -1.26. The summed E-state index contributed by atoms with van der Waals surface area (Å²) in [6.07, 6.45) is 0. The van der Waals surface area contributed by atoms with Gasteiger partial charge in [0.15, 0.2) is 5.69 Å². The van der Waals surface area contributed by atoms with Crippen molar-refractivity contribution in [3.63, 3.8) is 0 Å². The summed E-state index contributed by atoms with van der Waals surface area (Å²) in [6, 6.07) is 4.14. The number of carbonyl (C=O) groups is 1. The molecule has 100 valence electrons. The highest BCUT2D eigenvalue weighted by atomic mass is 32.2. The molecule has 0 amide bonds. The van der Waals surface area contributed by atoms with Crippen LogP contribution < -0.4 is 4.72 Å². The first-order valence-corrected chi connectivity index (χ1v) is 6.95. The monoisotopic (exact) mass is 272 g/mol. The topological polar surface area (TPSA) is 96.4 Å². The SMILES string of the molecule is CC(C)(C)CS(=O)(=O)Nc1cccc(C(=O)O)n1. The number of nitrogens with one attached hydrogen (secondary N) is 1. The van der Waals surface area contributed by atoms with Gasteiger partial charge in [0.2, 0.25) is 10.0 Å². The molecule has 0 unspecified atom stereocenters. The van der Waals surface area contributed by atoms with Crippen LogP contribution in [0.3, 0.4) is 0 Å². The average Bonchev–Trinajstić information content (AvgIpc) is 2.12. The lowest BCUT2D eigenvalue weighted by Gasteiger charge is -2.18. The molecule has 0 spiro atoms. The van der Waals surface area contributed by atoms with Gasteiger partial charge in [0.05, 0.1) is 5.75 Å². The molecule has 1 aromatic heterocycles. The molecule has 0 saturated heterocycles. The van der Waals surface area contributed by atoms with E-state index in [9.17, 15) is 13.2 Å². The molecule has 2 N–H and O–H groups in total. The van der Waals surface area contributed by atoms with E-state index in [0.29, 0.717) is 0 Å². The molecule has 0 aliphatic carbocycles. The maximum absolute atomic E-state index is 11.8. The average molecular weight is 272 g/mol. The van der Waals surface area contributed by atoms with Gasteiger partial charge in [-0.1, -0.05) is 26.8 Å². The second-order valence-electron chi connectivity index (χ2n) is 5.14. The third kappa shape index (κ3) is 4.70. The van der Waals surface area contributed by atoms with E-state index in [1.165, 1.54) is 18.2 Å². The number of pyridine rings is 1. The standard InChI is InChI=1S/C11H16N2O4S/c1-11(2,3)7-18(16,17)13-9-6-4-5-8(12-9)10(14)15/h4-6H,7H2,1-3H3,(H,12,13)(H,14,15). The second-order valence-corrected chi connectivity index (χ2v) is 6.86. The fourth-order valence-electron chi connectivity index (χ4n) is 1.38. The third-order valence-electron chi connectivity index (χ3n) is 1.85. The lowest BCUT2D eigenvalue weighted by molar-refractivity contribution is 0.0690. The van der Waals surface area contributed by atoms with E-state index in [1.54, 1.807) is 20.8 Å². The maximum Gasteiger partial charge on any atom is 0.354 e. The number of aromatic nitrogens is 1. The van der Waals surface area contributed by atoms with Crippen molar-refractivity contribution in [2.24, 2.45) is 5.41 Å². The molecule has 6 nitrogen and oxygen atoms in total. The van der Waals surface area contributed by atoms with Crippen molar-refractivity contribution >= 4 is 21.8 Å². The van der Waals surface area contributed by atoms with Gasteiger partial charge in [-0.2, -0.15) is 0 Å². The summed E-state index contributed by atoms with van der Waals surface area (Å²) >= 11 is 0. The van der Waals surface area contributed by atoms with Crippen molar-refractivity contribution in [2.75, 3.05) is 10.5 Å². The summed E-state index contributed by atoms with van der Waals surface area (Å²) in [6.45, 7) is 5.40. The minimum atomic E-state index is -3.54. The fraction of sp³-hybridized carbons (Fsp3) is 0.455. The van der Waals surface area contributed by atoms with Crippen molar-refractivity contribution in [2.45, 2.75) is 20.8 Å². The van der Waals surface area contributed by atoms with Crippen molar-refractivity contribution in [3.05, 3.63) is 23.9 Å². The minimum Gasteiger partial charge on any atom is -0.477 e. The lowest BCUT2D eigenvalue weighted by atomic mass is 10.0. The first-order chi connectivity index (χ1) is 8.09. The first-order valence-electron chi connectivity index (χ1n) is 5.30. The van der Waals surface area contributed by atoms with Gasteiger partial charge in [-0.25, -0.2) is 18.2 Å². The van der Waals surface area contributed by atoms with Crippen LogP contribution in [0.4, 0.5) is 5.82 Å². The quantitative estimate of drug-likeness (QED) is 0.867. The number of carboxylic acids is 1. The van der Waals surface area contributed by atoms with E-state index in [1.807, 2.05) is 0 Å². The number of rotatable bonds is 4. The van der Waals surface area contributed by atoms with Gasteiger partial charge in [0.25, 0.3) is 0 Å². The van der Waals surface area contributed by atoms with Crippen LogP contribution in [0.1, 0.15) is 31.3 Å². The molecule has 18 heavy (non-hydrogen) atoms. The number of anilines is 1. The number of aromatic carboxylic acids is 1. The summed E-state index contributed by atoms with van der Waals surface area (Å²) in [5.41, 5.74) is -0.595. The highest BCUT2D eigenvalue weighted by Crippen LogP contribution is 2.17. The van der Waals surface area contributed by atoms with Crippen LogP contribution in [-0.2, 0) is 10.0 Å². The zero-order valence-electron chi connectivity index (χ0n) is 10.5. The number of nitrogens with zero attached hydrogens (tertiary/aromatic N) is 1. The molecule has 0 saturated carbocycles. The Balaban J connectivity index is 2.91. The van der Waals surface area contributed by atoms with E-state index in [-0.39, 0.29) is 17.3 Å². The molecule has 0 aromatic carbocycles. The second kappa shape index (κ2) is 4.93. The van der Waals surface area contributed by atoms with Crippen LogP contribution in [0, 0.1) is 5.41 Å². The summed E-state index contributed by atoms with van der Waals surface area (Å²) < 4.78 is 25.9. The molecule has 0 aliphatic rings. The summed E-state index contributed by atoms with van der Waals surface area (Å²) in [4.78, 5) is 14.4. The molecule has 7 heteroatoms. The Kier molecular flexibility index (Phi) is 3.95. The highest BCUT2D eigenvalue weighted by molar-refractivity contribution is 7.92. The van der Waals surface area contributed by atoms with Gasteiger partial charge in [-0.05, 0) is 17.5 Å². The predicted molar refractivity (Wildman–Crippen MR) is 68.1 cm³/mol. The molecule has 1 aromatic rings. The highest BCUT2D eigenvalue weighted by Gasteiger charge is 2.22. The Morgan fingerprint density at radius 2 is 2.00 bits per heavy atom. The van der Waals surface area contributed by atoms with E-state index < -0.39 is 21.4 Å². The van der Waals surface area contributed by atoms with Crippen LogP contribution in [0.15, 0.2) is 18.2 Å². The van der Waals surface area contributed by atoms with Crippen LogP contribution in [-0.4, -0.2) is 30.2 Å². The fourth-order valence-corrected chi connectivity index (χ4v) is 3.02. The zero-order valence-corrected chi connectivity index (χ0v) is 11.3. The van der Waals surface area contributed by atoms with Crippen LogP contribution in [0.2, 0.25) is 0 Å². The third-order valence-corrected chi connectivity index (χ3v) is 3.62. The summed E-state index contributed by atoms with van der Waals surface area (Å²) in [5, 5.41) is 8.75. The Morgan fingerprint density at radius 1 is 1.39 bits per heavy atom. The van der Waals surface area contributed by atoms with Gasteiger partial charge < -0.3 is 5.11 Å².